The molecule has 3 rings (SSSR count). The van der Waals surface area contributed by atoms with Gasteiger partial charge < -0.3 is 20.3 Å². The number of hydrogen-bond donors (Lipinski definition) is 2. The number of pyridine rings is 1. The fraction of sp³-hybridized carbons (Fsp3) is 0.304. The Kier molecular flexibility index (Phi) is 6.99. The molecule has 0 aliphatic heterocycles. The second-order valence-electron chi connectivity index (χ2n) is 6.66. The molecule has 5 nitrogen and oxygen atoms in total. The first-order valence-corrected chi connectivity index (χ1v) is 9.67. The molecule has 148 valence electrons. The van der Waals surface area contributed by atoms with Crippen molar-refractivity contribution in [2.45, 2.75) is 48.0 Å². The van der Waals surface area contributed by atoms with Crippen LogP contribution in [0.3, 0.4) is 0 Å². The van der Waals surface area contributed by atoms with E-state index in [0.29, 0.717) is 6.42 Å². The number of nitrogens with one attached hydrogen (secondary N) is 1. The molecular weight excluding hydrogens is 346 g/mol. The summed E-state index contributed by atoms with van der Waals surface area (Å²) in [6.45, 7) is 12.3. The van der Waals surface area contributed by atoms with E-state index in [9.17, 15) is 0 Å². The average Bonchev–Trinajstić information content (AvgIpc) is 3.21. The van der Waals surface area contributed by atoms with E-state index in [-0.39, 0.29) is 0 Å². The van der Waals surface area contributed by atoms with E-state index in [0.717, 1.165) is 45.5 Å². The lowest BCUT2D eigenvalue weighted by atomic mass is 10.1. The lowest BCUT2D eigenvalue weighted by Gasteiger charge is -2.15. The van der Waals surface area contributed by atoms with Gasteiger partial charge in [0.05, 0.1) is 0 Å². The van der Waals surface area contributed by atoms with Gasteiger partial charge in [-0.25, -0.2) is 4.98 Å². The summed E-state index contributed by atoms with van der Waals surface area (Å²) >= 11 is 0. The van der Waals surface area contributed by atoms with Crippen molar-refractivity contribution in [2.24, 2.45) is 5.73 Å². The van der Waals surface area contributed by atoms with Crippen LogP contribution in [-0.2, 0) is 6.42 Å². The molecule has 0 amide bonds. The molecule has 0 spiro atoms. The minimum Gasteiger partial charge on any atom is -0.404 e. The summed E-state index contributed by atoms with van der Waals surface area (Å²) < 4.78 is 4.30. The third-order valence-electron chi connectivity index (χ3n) is 4.67. The number of aryl methyl sites for hydroxylation is 4. The van der Waals surface area contributed by atoms with Gasteiger partial charge in [0.15, 0.2) is 0 Å². The van der Waals surface area contributed by atoms with E-state index in [4.69, 9.17) is 16.1 Å². The van der Waals surface area contributed by atoms with Crippen molar-refractivity contribution in [3.8, 4) is 11.6 Å². The zero-order chi connectivity index (χ0) is 20.8. The summed E-state index contributed by atoms with van der Waals surface area (Å²) in [7, 11) is 0. The molecule has 0 bridgehead atoms. The topological polar surface area (TPSA) is 72.6 Å². The van der Waals surface area contributed by atoms with Crippen LogP contribution in [0.4, 0.5) is 0 Å². The van der Waals surface area contributed by atoms with Crippen LogP contribution in [0.1, 0.15) is 42.2 Å². The van der Waals surface area contributed by atoms with Crippen molar-refractivity contribution < 1.29 is 0 Å². The molecule has 3 aromatic rings. The molecule has 28 heavy (non-hydrogen) atoms. The molecule has 0 fully saturated rings. The summed E-state index contributed by atoms with van der Waals surface area (Å²) in [6.07, 6.45) is 3.39. The highest BCUT2D eigenvalue weighted by atomic mass is 15.1. The van der Waals surface area contributed by atoms with Crippen LogP contribution >= 0.6 is 0 Å². The van der Waals surface area contributed by atoms with Crippen molar-refractivity contribution in [3.05, 3.63) is 76.5 Å². The molecule has 3 aromatic heterocycles. The molecule has 0 aliphatic rings. The van der Waals surface area contributed by atoms with Crippen molar-refractivity contribution in [2.75, 3.05) is 0 Å². The van der Waals surface area contributed by atoms with Crippen LogP contribution in [0.5, 0.6) is 0 Å². The normalized spacial score (nSPS) is 11.1. The lowest BCUT2D eigenvalue weighted by molar-refractivity contribution is 0.867. The van der Waals surface area contributed by atoms with Gasteiger partial charge in [-0.1, -0.05) is 13.8 Å². The van der Waals surface area contributed by atoms with Crippen molar-refractivity contribution >= 4 is 6.21 Å². The van der Waals surface area contributed by atoms with Crippen molar-refractivity contribution in [3.63, 3.8) is 0 Å². The molecule has 0 aromatic carbocycles. The zero-order valence-corrected chi connectivity index (χ0v) is 17.7. The van der Waals surface area contributed by atoms with Gasteiger partial charge in [0.1, 0.15) is 11.6 Å². The van der Waals surface area contributed by atoms with Crippen LogP contribution in [0.15, 0.2) is 48.2 Å². The molecule has 0 aliphatic carbocycles. The van der Waals surface area contributed by atoms with Gasteiger partial charge in [-0.15, -0.1) is 0 Å². The van der Waals surface area contributed by atoms with E-state index >= 15 is 0 Å². The van der Waals surface area contributed by atoms with Crippen LogP contribution in [-0.4, -0.2) is 20.3 Å². The Morgan fingerprint density at radius 3 is 1.61 bits per heavy atom. The van der Waals surface area contributed by atoms with Crippen LogP contribution < -0.4 is 5.73 Å². The van der Waals surface area contributed by atoms with Gasteiger partial charge in [0.2, 0.25) is 0 Å². The van der Waals surface area contributed by atoms with Crippen LogP contribution in [0.2, 0.25) is 0 Å². The second kappa shape index (κ2) is 9.22. The first kappa shape index (κ1) is 21.2. The Hall–Kier alpha value is -3.08. The van der Waals surface area contributed by atoms with Crippen LogP contribution in [0, 0.1) is 33.1 Å². The molecule has 0 unspecified atom stereocenters. The highest BCUT2D eigenvalue weighted by Crippen LogP contribution is 2.22. The monoisotopic (exact) mass is 377 g/mol. The zero-order valence-electron chi connectivity index (χ0n) is 17.7. The molecule has 0 radical (unpaired) electrons. The quantitative estimate of drug-likeness (QED) is 0.617. The van der Waals surface area contributed by atoms with Crippen molar-refractivity contribution in [1.82, 2.24) is 14.1 Å². The minimum absolute atomic E-state index is 0.598. The fourth-order valence-electron chi connectivity index (χ4n) is 3.34. The maximum Gasteiger partial charge on any atom is 0.139 e. The van der Waals surface area contributed by atoms with E-state index < -0.39 is 0 Å². The summed E-state index contributed by atoms with van der Waals surface area (Å²) in [5.41, 5.74) is 12.1. The molecule has 5 heteroatoms. The number of allylic oxidation sites excluding steroid dienone is 1. The standard InChI is InChI=1S/C21H25N5.C2H6/c1-14-5-6-15(2)25(14)20-10-18(9-19(12-22)13-23)11-21(24-20)26-16(3)7-8-17(26)4;1-2/h5-8,10-13,22H,9,23H2,1-4H3;1-2H3/b19-13-,22-12?;. The third-order valence-corrected chi connectivity index (χ3v) is 4.67. The molecule has 3 heterocycles. The SMILES string of the molecule is CC.Cc1ccc(C)n1-c1cc(C/C(C=N)=C/N)cc(-n2c(C)ccc2C)n1. The van der Waals surface area contributed by atoms with E-state index in [1.54, 1.807) is 0 Å². The maximum atomic E-state index is 7.53. The minimum atomic E-state index is 0.598. The van der Waals surface area contributed by atoms with Gasteiger partial charge in [0.25, 0.3) is 0 Å². The Balaban J connectivity index is 0.00000136. The number of nitrogens with two attached hydrogens (primary N) is 1. The number of rotatable bonds is 5. The maximum absolute atomic E-state index is 7.53. The van der Waals surface area contributed by atoms with Gasteiger partial charge in [-0.2, -0.15) is 0 Å². The van der Waals surface area contributed by atoms with E-state index in [2.05, 4.69) is 73.2 Å². The summed E-state index contributed by atoms with van der Waals surface area (Å²) in [5, 5.41) is 7.53. The van der Waals surface area contributed by atoms with E-state index in [1.807, 2.05) is 13.8 Å². The number of hydrogen-bond acceptors (Lipinski definition) is 3. The van der Waals surface area contributed by atoms with Crippen LogP contribution in [0.25, 0.3) is 11.6 Å². The highest BCUT2D eigenvalue weighted by molar-refractivity contribution is 5.76. The Labute approximate surface area is 168 Å². The average molecular weight is 378 g/mol. The molecule has 0 saturated heterocycles. The highest BCUT2D eigenvalue weighted by Gasteiger charge is 2.12. The number of nitrogens with zero attached hydrogens (tertiary/aromatic N) is 3. The first-order valence-electron chi connectivity index (χ1n) is 9.67. The Morgan fingerprint density at radius 1 is 0.893 bits per heavy atom. The molecular formula is C23H31N5. The predicted molar refractivity (Wildman–Crippen MR) is 118 cm³/mol. The first-order chi connectivity index (χ1) is 13.4. The summed E-state index contributed by atoms with van der Waals surface area (Å²) in [4.78, 5) is 4.94. The van der Waals surface area contributed by atoms with Crippen molar-refractivity contribution in [1.29, 1.82) is 5.41 Å². The molecule has 0 saturated carbocycles. The largest absolute Gasteiger partial charge is 0.404 e. The summed E-state index contributed by atoms with van der Waals surface area (Å²) in [6, 6.07) is 12.5. The predicted octanol–water partition coefficient (Wildman–Crippen LogP) is 4.96. The Bertz CT molecular complexity index is 885. The fourth-order valence-corrected chi connectivity index (χ4v) is 3.34. The third kappa shape index (κ3) is 4.25. The molecule has 3 N–H and O–H groups in total. The van der Waals surface area contributed by atoms with Gasteiger partial charge in [-0.05, 0) is 81.4 Å². The molecule has 0 atom stereocenters. The van der Waals surface area contributed by atoms with Gasteiger partial charge in [0, 0.05) is 35.4 Å². The number of aromatic nitrogens is 3. The van der Waals surface area contributed by atoms with Gasteiger partial charge in [-0.3, -0.25) is 0 Å². The smallest absolute Gasteiger partial charge is 0.139 e. The second-order valence-corrected chi connectivity index (χ2v) is 6.66. The Morgan fingerprint density at radius 2 is 1.29 bits per heavy atom. The summed E-state index contributed by atoms with van der Waals surface area (Å²) in [5.74, 6) is 1.76. The lowest BCUT2D eigenvalue weighted by Crippen LogP contribution is -2.09. The van der Waals surface area contributed by atoms with Gasteiger partial charge >= 0.3 is 0 Å². The van der Waals surface area contributed by atoms with E-state index in [1.165, 1.54) is 12.4 Å².